The molecule has 0 unspecified atom stereocenters. The number of carbonyl (C=O) groups excluding carboxylic acids is 2. The third-order valence-electron chi connectivity index (χ3n) is 3.47. The van der Waals surface area contributed by atoms with Crippen LogP contribution in [0.3, 0.4) is 0 Å². The van der Waals surface area contributed by atoms with Gasteiger partial charge in [0.15, 0.2) is 0 Å². The highest BCUT2D eigenvalue weighted by Crippen LogP contribution is 2.32. The number of aryl methyl sites for hydroxylation is 1. The van der Waals surface area contributed by atoms with Gasteiger partial charge >= 0.3 is 5.97 Å². The lowest BCUT2D eigenvalue weighted by Crippen LogP contribution is -2.04. The van der Waals surface area contributed by atoms with Crippen molar-refractivity contribution in [2.75, 3.05) is 6.61 Å². The van der Waals surface area contributed by atoms with Crippen molar-refractivity contribution in [3.63, 3.8) is 0 Å². The van der Waals surface area contributed by atoms with Crippen LogP contribution in [-0.2, 0) is 4.74 Å². The van der Waals surface area contributed by atoms with Crippen molar-refractivity contribution in [3.05, 3.63) is 58.1 Å². The number of nitrogens with one attached hydrogen (secondary N) is 1. The highest BCUT2D eigenvalue weighted by atomic mass is 32.1. The van der Waals surface area contributed by atoms with Crippen molar-refractivity contribution in [1.82, 2.24) is 4.98 Å². The summed E-state index contributed by atoms with van der Waals surface area (Å²) in [7, 11) is 0. The van der Waals surface area contributed by atoms with E-state index in [4.69, 9.17) is 4.74 Å². The van der Waals surface area contributed by atoms with Crippen LogP contribution < -0.4 is 0 Å². The fourth-order valence-electron chi connectivity index (χ4n) is 2.35. The number of aromatic nitrogens is 1. The van der Waals surface area contributed by atoms with E-state index >= 15 is 0 Å². The van der Waals surface area contributed by atoms with E-state index in [-0.39, 0.29) is 11.8 Å². The average Bonchev–Trinajstić information content (AvgIpc) is 3.08. The minimum absolute atomic E-state index is 0.0546. The summed E-state index contributed by atoms with van der Waals surface area (Å²) in [5.74, 6) is -0.369. The molecule has 0 saturated carbocycles. The number of hydrogen-bond acceptors (Lipinski definition) is 4. The minimum Gasteiger partial charge on any atom is -0.462 e. The first-order valence-corrected chi connectivity index (χ1v) is 7.82. The molecule has 112 valence electrons. The Morgan fingerprint density at radius 2 is 1.95 bits per heavy atom. The summed E-state index contributed by atoms with van der Waals surface area (Å²) in [6.07, 6.45) is 0. The second-order valence-corrected chi connectivity index (χ2v) is 5.92. The van der Waals surface area contributed by atoms with Crippen LogP contribution in [0.2, 0.25) is 0 Å². The van der Waals surface area contributed by atoms with Gasteiger partial charge < -0.3 is 9.72 Å². The molecular weight excluding hydrogens is 298 g/mol. The highest BCUT2D eigenvalue weighted by Gasteiger charge is 2.20. The number of rotatable bonds is 4. The molecule has 2 aromatic heterocycles. The number of thiophene rings is 1. The molecule has 1 aromatic carbocycles. The molecular formula is C17H15NO3S. The number of benzene rings is 1. The molecule has 0 spiro atoms. The van der Waals surface area contributed by atoms with E-state index in [9.17, 15) is 9.59 Å². The standard InChI is InChI=1S/C17H15NO3S/c1-3-21-17(20)15-10(2)12-9-13(18-16(12)22-15)14(19)11-7-5-4-6-8-11/h4-9,18H,3H2,1-2H3. The van der Waals surface area contributed by atoms with Gasteiger partial charge in [0.1, 0.15) is 9.71 Å². The summed E-state index contributed by atoms with van der Waals surface area (Å²) < 4.78 is 5.05. The Bertz CT molecular complexity index is 846. The molecule has 3 rings (SSSR count). The van der Waals surface area contributed by atoms with Crippen LogP contribution in [-0.4, -0.2) is 23.3 Å². The molecule has 0 aliphatic heterocycles. The molecule has 0 bridgehead atoms. The van der Waals surface area contributed by atoms with Crippen molar-refractivity contribution in [1.29, 1.82) is 0 Å². The fraction of sp³-hybridized carbons (Fsp3) is 0.176. The van der Waals surface area contributed by atoms with Gasteiger partial charge in [0.25, 0.3) is 0 Å². The maximum Gasteiger partial charge on any atom is 0.348 e. The Kier molecular flexibility index (Phi) is 3.81. The zero-order chi connectivity index (χ0) is 15.7. The van der Waals surface area contributed by atoms with E-state index in [1.54, 1.807) is 25.1 Å². The normalized spacial score (nSPS) is 10.8. The van der Waals surface area contributed by atoms with Gasteiger partial charge in [-0.25, -0.2) is 4.79 Å². The van der Waals surface area contributed by atoms with E-state index in [0.29, 0.717) is 22.7 Å². The second kappa shape index (κ2) is 5.77. The Morgan fingerprint density at radius 1 is 1.23 bits per heavy atom. The van der Waals surface area contributed by atoms with Gasteiger partial charge in [-0.3, -0.25) is 4.79 Å². The first-order chi connectivity index (χ1) is 10.6. The lowest BCUT2D eigenvalue weighted by Gasteiger charge is -2.00. The third kappa shape index (κ3) is 2.44. The van der Waals surface area contributed by atoms with E-state index in [1.165, 1.54) is 11.3 Å². The molecule has 5 heteroatoms. The molecule has 0 aliphatic carbocycles. The average molecular weight is 313 g/mol. The van der Waals surface area contributed by atoms with Crippen LogP contribution in [0.25, 0.3) is 10.2 Å². The third-order valence-corrected chi connectivity index (χ3v) is 4.67. The summed E-state index contributed by atoms with van der Waals surface area (Å²) in [5.41, 5.74) is 2.02. The summed E-state index contributed by atoms with van der Waals surface area (Å²) >= 11 is 1.32. The number of ketones is 1. The molecule has 22 heavy (non-hydrogen) atoms. The predicted octanol–water partition coefficient (Wildman–Crippen LogP) is 3.95. The monoisotopic (exact) mass is 313 g/mol. The van der Waals surface area contributed by atoms with Crippen molar-refractivity contribution >= 4 is 33.3 Å². The molecule has 2 heterocycles. The van der Waals surface area contributed by atoms with E-state index in [2.05, 4.69) is 4.98 Å². The quantitative estimate of drug-likeness (QED) is 0.586. The fourth-order valence-corrected chi connectivity index (χ4v) is 3.45. The summed E-state index contributed by atoms with van der Waals surface area (Å²) in [6.45, 7) is 4.00. The smallest absolute Gasteiger partial charge is 0.348 e. The lowest BCUT2D eigenvalue weighted by atomic mass is 10.1. The van der Waals surface area contributed by atoms with E-state index < -0.39 is 0 Å². The van der Waals surface area contributed by atoms with Crippen LogP contribution in [0, 0.1) is 6.92 Å². The maximum absolute atomic E-state index is 12.4. The number of hydrogen-bond donors (Lipinski definition) is 1. The van der Waals surface area contributed by atoms with Gasteiger partial charge in [-0.2, -0.15) is 0 Å². The molecule has 1 N–H and O–H groups in total. The largest absolute Gasteiger partial charge is 0.462 e. The first kappa shape index (κ1) is 14.5. The van der Waals surface area contributed by atoms with Crippen LogP contribution in [0.15, 0.2) is 36.4 Å². The summed E-state index contributed by atoms with van der Waals surface area (Å²) in [5, 5.41) is 0.896. The molecule has 3 aromatic rings. The lowest BCUT2D eigenvalue weighted by molar-refractivity contribution is 0.0531. The Balaban J connectivity index is 1.98. The number of aromatic amines is 1. The van der Waals surface area contributed by atoms with Gasteiger partial charge in [0, 0.05) is 10.9 Å². The number of esters is 1. The number of H-pyrrole nitrogens is 1. The van der Waals surface area contributed by atoms with Gasteiger partial charge in [0.2, 0.25) is 5.78 Å². The van der Waals surface area contributed by atoms with Crippen molar-refractivity contribution in [2.45, 2.75) is 13.8 Å². The second-order valence-electron chi connectivity index (χ2n) is 4.90. The van der Waals surface area contributed by atoms with Crippen molar-refractivity contribution in [3.8, 4) is 0 Å². The maximum atomic E-state index is 12.4. The Labute approximate surface area is 131 Å². The molecule has 0 atom stereocenters. The number of ether oxygens (including phenoxy) is 1. The molecule has 4 nitrogen and oxygen atoms in total. The first-order valence-electron chi connectivity index (χ1n) is 7.00. The predicted molar refractivity (Wildman–Crippen MR) is 86.7 cm³/mol. The molecule has 0 aliphatic rings. The molecule has 0 radical (unpaired) electrons. The Morgan fingerprint density at radius 3 is 2.59 bits per heavy atom. The van der Waals surface area contributed by atoms with Gasteiger partial charge in [0.05, 0.1) is 12.3 Å². The number of carbonyl (C=O) groups is 2. The topological polar surface area (TPSA) is 59.2 Å². The van der Waals surface area contributed by atoms with Gasteiger partial charge in [-0.05, 0) is 25.5 Å². The van der Waals surface area contributed by atoms with Crippen LogP contribution in [0.5, 0.6) is 0 Å². The van der Waals surface area contributed by atoms with Gasteiger partial charge in [-0.1, -0.05) is 30.3 Å². The minimum atomic E-state index is -0.314. The molecule has 0 fully saturated rings. The summed E-state index contributed by atoms with van der Waals surface area (Å²) in [4.78, 5) is 28.8. The molecule has 0 saturated heterocycles. The zero-order valence-electron chi connectivity index (χ0n) is 12.3. The van der Waals surface area contributed by atoms with Crippen molar-refractivity contribution in [2.24, 2.45) is 0 Å². The number of fused-ring (bicyclic) bond motifs is 1. The van der Waals surface area contributed by atoms with Crippen molar-refractivity contribution < 1.29 is 14.3 Å². The van der Waals surface area contributed by atoms with E-state index in [0.717, 1.165) is 15.8 Å². The van der Waals surface area contributed by atoms with Gasteiger partial charge in [-0.15, -0.1) is 11.3 Å². The zero-order valence-corrected chi connectivity index (χ0v) is 13.1. The SMILES string of the molecule is CCOC(=O)c1sc2[nH]c(C(=O)c3ccccc3)cc2c1C. The summed E-state index contributed by atoms with van der Waals surface area (Å²) in [6, 6.07) is 10.9. The highest BCUT2D eigenvalue weighted by molar-refractivity contribution is 7.20. The molecule has 0 amide bonds. The van der Waals surface area contributed by atoms with E-state index in [1.807, 2.05) is 25.1 Å². The van der Waals surface area contributed by atoms with Crippen LogP contribution in [0.4, 0.5) is 0 Å². The van der Waals surface area contributed by atoms with Crippen LogP contribution >= 0.6 is 11.3 Å². The Hall–Kier alpha value is -2.40. The van der Waals surface area contributed by atoms with Crippen LogP contribution in [0.1, 0.15) is 38.2 Å².